The van der Waals surface area contributed by atoms with E-state index in [9.17, 15) is 18.0 Å². The summed E-state index contributed by atoms with van der Waals surface area (Å²) in [5.41, 5.74) is 2.99. The highest BCUT2D eigenvalue weighted by Gasteiger charge is 2.35. The van der Waals surface area contributed by atoms with Gasteiger partial charge in [-0.25, -0.2) is 8.42 Å². The molecule has 0 heterocycles. The molecule has 0 fully saturated rings. The van der Waals surface area contributed by atoms with Crippen molar-refractivity contribution in [3.8, 4) is 11.5 Å². The number of hydrogen-bond donors (Lipinski definition) is 1. The van der Waals surface area contributed by atoms with E-state index in [0.29, 0.717) is 17.9 Å². The summed E-state index contributed by atoms with van der Waals surface area (Å²) in [5, 5.41) is 3.07. The van der Waals surface area contributed by atoms with Gasteiger partial charge in [-0.3, -0.25) is 13.9 Å². The first-order valence-corrected chi connectivity index (χ1v) is 18.2. The summed E-state index contributed by atoms with van der Waals surface area (Å²) in [7, 11) is -4.22. The number of para-hydroxylation sites is 1. The molecule has 0 aliphatic heterocycles. The summed E-state index contributed by atoms with van der Waals surface area (Å²) < 4.78 is 35.6. The lowest BCUT2D eigenvalue weighted by atomic mass is 10.0. The van der Waals surface area contributed by atoms with Crippen molar-refractivity contribution in [2.45, 2.75) is 57.1 Å². The summed E-state index contributed by atoms with van der Waals surface area (Å²) in [6.07, 6.45) is 0.959. The Balaban J connectivity index is 1.55. The number of carbonyl (C=O) groups excluding carboxylic acids is 2. The van der Waals surface area contributed by atoms with Crippen LogP contribution in [0.5, 0.6) is 11.5 Å². The van der Waals surface area contributed by atoms with Crippen LogP contribution in [0.25, 0.3) is 0 Å². The molecule has 0 aromatic heterocycles. The van der Waals surface area contributed by atoms with Gasteiger partial charge in [-0.2, -0.15) is 0 Å². The molecule has 50 heavy (non-hydrogen) atoms. The molecular formula is C41H43N3O5S. The molecule has 0 aliphatic carbocycles. The molecule has 9 heteroatoms. The van der Waals surface area contributed by atoms with Gasteiger partial charge < -0.3 is 15.0 Å². The van der Waals surface area contributed by atoms with Crippen molar-refractivity contribution in [1.82, 2.24) is 10.2 Å². The van der Waals surface area contributed by atoms with E-state index >= 15 is 0 Å². The first-order valence-electron chi connectivity index (χ1n) is 16.7. The molecule has 0 bridgehead atoms. The standard InChI is InChI=1S/C41H43N3O5S/c1-4-32(3)42-41(46)39(28-33-16-8-5-9-17-33)43(29-34-18-14-15-31(2)27-34)40(45)30-44(50(47,48)38-21-12-7-13-22-38)35-23-25-37(26-24-35)49-36-19-10-6-11-20-36/h5-27,32,39H,4,28-30H2,1-3H3,(H,42,46)/t32-,39+/m0/s1. The number of nitrogens with one attached hydrogen (secondary N) is 1. The Morgan fingerprint density at radius 1 is 0.740 bits per heavy atom. The van der Waals surface area contributed by atoms with Crippen molar-refractivity contribution in [1.29, 1.82) is 0 Å². The maximum absolute atomic E-state index is 14.7. The van der Waals surface area contributed by atoms with Crippen molar-refractivity contribution < 1.29 is 22.7 Å². The van der Waals surface area contributed by atoms with Gasteiger partial charge in [0.05, 0.1) is 10.6 Å². The Bertz CT molecular complexity index is 1950. The van der Waals surface area contributed by atoms with Crippen molar-refractivity contribution >= 4 is 27.5 Å². The molecular weight excluding hydrogens is 647 g/mol. The minimum atomic E-state index is -4.22. The van der Waals surface area contributed by atoms with Gasteiger partial charge in [-0.15, -0.1) is 0 Å². The normalized spacial score (nSPS) is 12.4. The zero-order valence-electron chi connectivity index (χ0n) is 28.6. The average Bonchev–Trinajstić information content (AvgIpc) is 3.13. The quantitative estimate of drug-likeness (QED) is 0.123. The largest absolute Gasteiger partial charge is 0.457 e. The topological polar surface area (TPSA) is 96.0 Å². The Labute approximate surface area is 295 Å². The fourth-order valence-electron chi connectivity index (χ4n) is 5.56. The Hall–Kier alpha value is -5.41. The van der Waals surface area contributed by atoms with E-state index in [0.717, 1.165) is 21.0 Å². The number of carbonyl (C=O) groups is 2. The zero-order chi connectivity index (χ0) is 35.5. The van der Waals surface area contributed by atoms with Crippen molar-refractivity contribution in [3.63, 3.8) is 0 Å². The van der Waals surface area contributed by atoms with Crippen LogP contribution in [0.4, 0.5) is 5.69 Å². The van der Waals surface area contributed by atoms with Crippen LogP contribution >= 0.6 is 0 Å². The van der Waals surface area contributed by atoms with Gasteiger partial charge in [0.1, 0.15) is 24.1 Å². The number of sulfonamides is 1. The molecule has 0 radical (unpaired) electrons. The van der Waals surface area contributed by atoms with Gasteiger partial charge >= 0.3 is 0 Å². The first kappa shape index (κ1) is 35.9. The second-order valence-corrected chi connectivity index (χ2v) is 14.1. The van der Waals surface area contributed by atoms with E-state index in [1.165, 1.54) is 17.0 Å². The summed E-state index contributed by atoms with van der Waals surface area (Å²) in [4.78, 5) is 30.3. The van der Waals surface area contributed by atoms with Crippen LogP contribution in [0.1, 0.15) is 37.0 Å². The second-order valence-electron chi connectivity index (χ2n) is 12.3. The van der Waals surface area contributed by atoms with Crippen molar-refractivity contribution in [2.75, 3.05) is 10.8 Å². The van der Waals surface area contributed by atoms with Crippen LogP contribution in [-0.2, 0) is 32.6 Å². The summed E-state index contributed by atoms with van der Waals surface area (Å²) >= 11 is 0. The fraction of sp³-hybridized carbons (Fsp3) is 0.220. The number of aryl methyl sites for hydroxylation is 1. The molecule has 5 rings (SSSR count). The molecule has 2 atom stereocenters. The molecule has 0 saturated heterocycles. The minimum absolute atomic E-state index is 0.0398. The third-order valence-corrected chi connectivity index (χ3v) is 10.2. The van der Waals surface area contributed by atoms with E-state index in [4.69, 9.17) is 4.74 Å². The summed E-state index contributed by atoms with van der Waals surface area (Å²) in [6.45, 7) is 5.43. The lowest BCUT2D eigenvalue weighted by Gasteiger charge is -2.34. The molecule has 2 amide bonds. The molecule has 0 spiro atoms. The van der Waals surface area contributed by atoms with E-state index in [1.807, 2.05) is 106 Å². The zero-order valence-corrected chi connectivity index (χ0v) is 29.4. The average molecular weight is 690 g/mol. The van der Waals surface area contributed by atoms with Gasteiger partial charge in [-0.05, 0) is 79.9 Å². The number of anilines is 1. The third kappa shape index (κ3) is 9.39. The van der Waals surface area contributed by atoms with Gasteiger partial charge in [0.15, 0.2) is 0 Å². The highest BCUT2D eigenvalue weighted by atomic mass is 32.2. The van der Waals surface area contributed by atoms with Crippen LogP contribution in [0, 0.1) is 6.92 Å². The number of ether oxygens (including phenoxy) is 1. The maximum atomic E-state index is 14.7. The van der Waals surface area contributed by atoms with Crippen LogP contribution in [0.3, 0.4) is 0 Å². The lowest BCUT2D eigenvalue weighted by molar-refractivity contribution is -0.140. The highest BCUT2D eigenvalue weighted by Crippen LogP contribution is 2.29. The highest BCUT2D eigenvalue weighted by molar-refractivity contribution is 7.92. The minimum Gasteiger partial charge on any atom is -0.457 e. The number of benzene rings is 5. The van der Waals surface area contributed by atoms with E-state index < -0.39 is 28.5 Å². The molecule has 5 aromatic carbocycles. The molecule has 0 aliphatic rings. The SMILES string of the molecule is CC[C@H](C)NC(=O)[C@@H](Cc1ccccc1)N(Cc1cccc(C)c1)C(=O)CN(c1ccc(Oc2ccccc2)cc1)S(=O)(=O)c1ccccc1. The Kier molecular flexibility index (Phi) is 12.1. The second kappa shape index (κ2) is 16.8. The van der Waals surface area contributed by atoms with Crippen molar-refractivity contribution in [3.05, 3.63) is 156 Å². The predicted molar refractivity (Wildman–Crippen MR) is 197 cm³/mol. The van der Waals surface area contributed by atoms with Crippen molar-refractivity contribution in [2.24, 2.45) is 0 Å². The molecule has 5 aromatic rings. The van der Waals surface area contributed by atoms with Gasteiger partial charge in [0, 0.05) is 19.0 Å². The number of rotatable bonds is 15. The number of hydrogen-bond acceptors (Lipinski definition) is 5. The predicted octanol–water partition coefficient (Wildman–Crippen LogP) is 7.54. The van der Waals surface area contributed by atoms with Crippen LogP contribution < -0.4 is 14.4 Å². The van der Waals surface area contributed by atoms with Gasteiger partial charge in [0.25, 0.3) is 10.0 Å². The van der Waals surface area contributed by atoms with E-state index in [1.54, 1.807) is 42.5 Å². The monoisotopic (exact) mass is 689 g/mol. The van der Waals surface area contributed by atoms with Crippen LogP contribution in [0.15, 0.2) is 144 Å². The van der Waals surface area contributed by atoms with Crippen LogP contribution in [-0.4, -0.2) is 43.8 Å². The smallest absolute Gasteiger partial charge is 0.264 e. The molecule has 0 unspecified atom stereocenters. The first-order chi connectivity index (χ1) is 24.1. The maximum Gasteiger partial charge on any atom is 0.264 e. The third-order valence-electron chi connectivity index (χ3n) is 8.42. The number of amides is 2. The van der Waals surface area contributed by atoms with Gasteiger partial charge in [-0.1, -0.05) is 103 Å². The summed E-state index contributed by atoms with van der Waals surface area (Å²) in [6, 6.07) is 40.1. The molecule has 0 saturated carbocycles. The van der Waals surface area contributed by atoms with E-state index in [2.05, 4.69) is 5.32 Å². The molecule has 1 N–H and O–H groups in total. The fourth-order valence-corrected chi connectivity index (χ4v) is 6.99. The van der Waals surface area contributed by atoms with Crippen LogP contribution in [0.2, 0.25) is 0 Å². The summed E-state index contributed by atoms with van der Waals surface area (Å²) in [5.74, 6) is 0.324. The van der Waals surface area contributed by atoms with E-state index in [-0.39, 0.29) is 35.5 Å². The number of nitrogens with zero attached hydrogens (tertiary/aromatic N) is 2. The van der Waals surface area contributed by atoms with Gasteiger partial charge in [0.2, 0.25) is 11.8 Å². The Morgan fingerprint density at radius 2 is 1.32 bits per heavy atom. The Morgan fingerprint density at radius 3 is 1.94 bits per heavy atom. The lowest BCUT2D eigenvalue weighted by Crippen LogP contribution is -2.54. The molecule has 8 nitrogen and oxygen atoms in total. The molecule has 258 valence electrons.